The predicted octanol–water partition coefficient (Wildman–Crippen LogP) is 6.19. The van der Waals surface area contributed by atoms with Crippen LogP contribution in [0.15, 0.2) is 72.1 Å². The molecule has 0 saturated heterocycles. The second-order valence-electron chi connectivity index (χ2n) is 5.53. The lowest BCUT2D eigenvalue weighted by Crippen LogP contribution is -1.97. The van der Waals surface area contributed by atoms with Crippen molar-refractivity contribution in [3.8, 4) is 21.7 Å². The summed E-state index contributed by atoms with van der Waals surface area (Å²) in [5.74, 6) is 0. The highest BCUT2D eigenvalue weighted by Gasteiger charge is 2.16. The molecule has 0 radical (unpaired) electrons. The zero-order chi connectivity index (χ0) is 15.6. The predicted molar refractivity (Wildman–Crippen MR) is 99.9 cm³/mol. The molecule has 2 aromatic carbocycles. The molecule has 2 heterocycles. The van der Waals surface area contributed by atoms with Crippen molar-refractivity contribution in [1.29, 1.82) is 0 Å². The van der Waals surface area contributed by atoms with Gasteiger partial charge in [-0.25, -0.2) is 4.98 Å². The lowest BCUT2D eigenvalue weighted by atomic mass is 9.92. The molecule has 0 fully saturated rings. The highest BCUT2D eigenvalue weighted by molar-refractivity contribution is 7.13. The van der Waals surface area contributed by atoms with Crippen molar-refractivity contribution in [3.63, 3.8) is 0 Å². The van der Waals surface area contributed by atoms with Gasteiger partial charge in [-0.05, 0) is 40.6 Å². The molecule has 0 spiro atoms. The van der Waals surface area contributed by atoms with Crippen molar-refractivity contribution in [2.24, 2.45) is 0 Å². The molecule has 4 aromatic rings. The summed E-state index contributed by atoms with van der Waals surface area (Å²) < 4.78 is 0. The lowest BCUT2D eigenvalue weighted by molar-refractivity contribution is 1.13. The maximum Gasteiger partial charge on any atom is 0.0847 e. The minimum Gasteiger partial charge on any atom is -0.247 e. The van der Waals surface area contributed by atoms with Crippen LogP contribution in [0, 0.1) is 0 Å². The first-order valence-electron chi connectivity index (χ1n) is 7.89. The summed E-state index contributed by atoms with van der Waals surface area (Å²) in [6, 6.07) is 23.4. The average Bonchev–Trinajstić information content (AvgIpc) is 3.15. The standard InChI is InChI=1S/C21H17NS/c1-2-16-20(15-9-4-3-5-10-15)17-11-6-7-12-18(17)22-21(16)19-13-8-14-23-19/h3-14H,2H2,1H3. The van der Waals surface area contributed by atoms with Gasteiger partial charge in [0.2, 0.25) is 0 Å². The van der Waals surface area contributed by atoms with E-state index in [9.17, 15) is 0 Å². The zero-order valence-electron chi connectivity index (χ0n) is 13.0. The largest absolute Gasteiger partial charge is 0.247 e. The van der Waals surface area contributed by atoms with E-state index in [0.29, 0.717) is 0 Å². The number of rotatable bonds is 3. The molecule has 0 N–H and O–H groups in total. The van der Waals surface area contributed by atoms with E-state index in [0.717, 1.165) is 17.6 Å². The molecule has 0 aliphatic heterocycles. The van der Waals surface area contributed by atoms with Crippen molar-refractivity contribution in [1.82, 2.24) is 4.98 Å². The Morgan fingerprint density at radius 2 is 1.65 bits per heavy atom. The molecule has 0 amide bonds. The normalized spacial score (nSPS) is 11.0. The second kappa shape index (κ2) is 5.98. The van der Waals surface area contributed by atoms with Crippen LogP contribution < -0.4 is 0 Å². The molecular formula is C21H17NS. The number of aromatic nitrogens is 1. The Balaban J connectivity index is 2.13. The highest BCUT2D eigenvalue weighted by Crippen LogP contribution is 2.38. The van der Waals surface area contributed by atoms with Crippen molar-refractivity contribution in [2.75, 3.05) is 0 Å². The molecule has 23 heavy (non-hydrogen) atoms. The average molecular weight is 315 g/mol. The van der Waals surface area contributed by atoms with Gasteiger partial charge in [0, 0.05) is 5.39 Å². The molecule has 0 bridgehead atoms. The highest BCUT2D eigenvalue weighted by atomic mass is 32.1. The molecule has 2 heteroatoms. The van der Waals surface area contributed by atoms with Gasteiger partial charge < -0.3 is 0 Å². The van der Waals surface area contributed by atoms with Crippen LogP contribution in [0.3, 0.4) is 0 Å². The van der Waals surface area contributed by atoms with E-state index >= 15 is 0 Å². The fraction of sp³-hybridized carbons (Fsp3) is 0.0952. The van der Waals surface area contributed by atoms with E-state index in [-0.39, 0.29) is 0 Å². The number of nitrogens with zero attached hydrogens (tertiary/aromatic N) is 1. The molecule has 4 rings (SSSR count). The molecule has 0 atom stereocenters. The molecular weight excluding hydrogens is 298 g/mol. The summed E-state index contributed by atoms with van der Waals surface area (Å²) in [7, 11) is 0. The van der Waals surface area contributed by atoms with E-state index in [4.69, 9.17) is 4.98 Å². The first-order chi connectivity index (χ1) is 11.4. The number of para-hydroxylation sites is 1. The van der Waals surface area contributed by atoms with E-state index in [1.54, 1.807) is 11.3 Å². The number of benzene rings is 2. The molecule has 0 unspecified atom stereocenters. The summed E-state index contributed by atoms with van der Waals surface area (Å²) in [5, 5.41) is 3.35. The van der Waals surface area contributed by atoms with E-state index < -0.39 is 0 Å². The van der Waals surface area contributed by atoms with Crippen LogP contribution in [0.5, 0.6) is 0 Å². The molecule has 112 valence electrons. The van der Waals surface area contributed by atoms with E-state index in [2.05, 4.69) is 79.0 Å². The first-order valence-corrected chi connectivity index (χ1v) is 8.77. The number of hydrogen-bond donors (Lipinski definition) is 0. The van der Waals surface area contributed by atoms with Crippen LogP contribution in [0.1, 0.15) is 12.5 Å². The summed E-state index contributed by atoms with van der Waals surface area (Å²) in [6.07, 6.45) is 0.968. The van der Waals surface area contributed by atoms with Crippen LogP contribution in [-0.4, -0.2) is 4.98 Å². The number of hydrogen-bond acceptors (Lipinski definition) is 2. The van der Waals surface area contributed by atoms with Gasteiger partial charge in [0.1, 0.15) is 0 Å². The van der Waals surface area contributed by atoms with Crippen LogP contribution >= 0.6 is 11.3 Å². The monoisotopic (exact) mass is 315 g/mol. The molecule has 0 aliphatic rings. The zero-order valence-corrected chi connectivity index (χ0v) is 13.8. The van der Waals surface area contributed by atoms with Gasteiger partial charge in [-0.15, -0.1) is 11.3 Å². The molecule has 0 saturated carbocycles. The van der Waals surface area contributed by atoms with Gasteiger partial charge in [-0.2, -0.15) is 0 Å². The maximum atomic E-state index is 4.99. The van der Waals surface area contributed by atoms with Crippen LogP contribution in [-0.2, 0) is 6.42 Å². The van der Waals surface area contributed by atoms with Gasteiger partial charge in [-0.1, -0.05) is 61.5 Å². The van der Waals surface area contributed by atoms with Crippen molar-refractivity contribution >= 4 is 22.2 Å². The topological polar surface area (TPSA) is 12.9 Å². The van der Waals surface area contributed by atoms with Crippen LogP contribution in [0.4, 0.5) is 0 Å². The van der Waals surface area contributed by atoms with Gasteiger partial charge in [0.25, 0.3) is 0 Å². The summed E-state index contributed by atoms with van der Waals surface area (Å²) in [5.41, 5.74) is 6.10. The Kier molecular flexibility index (Phi) is 3.68. The van der Waals surface area contributed by atoms with Gasteiger partial charge >= 0.3 is 0 Å². The third kappa shape index (κ3) is 2.45. The Morgan fingerprint density at radius 1 is 0.870 bits per heavy atom. The number of pyridine rings is 1. The lowest BCUT2D eigenvalue weighted by Gasteiger charge is -2.16. The third-order valence-electron chi connectivity index (χ3n) is 4.16. The van der Waals surface area contributed by atoms with Crippen molar-refractivity contribution in [2.45, 2.75) is 13.3 Å². The summed E-state index contributed by atoms with van der Waals surface area (Å²) in [4.78, 5) is 6.23. The van der Waals surface area contributed by atoms with Crippen LogP contribution in [0.25, 0.3) is 32.6 Å². The second-order valence-corrected chi connectivity index (χ2v) is 6.48. The van der Waals surface area contributed by atoms with Crippen LogP contribution in [0.2, 0.25) is 0 Å². The Morgan fingerprint density at radius 3 is 2.39 bits per heavy atom. The van der Waals surface area contributed by atoms with Gasteiger partial charge in [0.05, 0.1) is 16.1 Å². The van der Waals surface area contributed by atoms with E-state index in [1.165, 1.54) is 27.0 Å². The quantitative estimate of drug-likeness (QED) is 0.439. The fourth-order valence-corrected chi connectivity index (χ4v) is 3.89. The van der Waals surface area contributed by atoms with Crippen molar-refractivity contribution in [3.05, 3.63) is 77.7 Å². The minimum atomic E-state index is 0.968. The summed E-state index contributed by atoms with van der Waals surface area (Å²) >= 11 is 1.76. The Hall–Kier alpha value is -2.45. The SMILES string of the molecule is CCc1c(-c2cccs2)nc2ccccc2c1-c1ccccc1. The fourth-order valence-electron chi connectivity index (χ4n) is 3.15. The maximum absolute atomic E-state index is 4.99. The van der Waals surface area contributed by atoms with Gasteiger partial charge in [-0.3, -0.25) is 0 Å². The minimum absolute atomic E-state index is 0.968. The number of fused-ring (bicyclic) bond motifs is 1. The Labute approximate surface area is 140 Å². The molecule has 1 nitrogen and oxygen atoms in total. The summed E-state index contributed by atoms with van der Waals surface area (Å²) in [6.45, 7) is 2.22. The molecule has 2 aromatic heterocycles. The van der Waals surface area contributed by atoms with Gasteiger partial charge in [0.15, 0.2) is 0 Å². The smallest absolute Gasteiger partial charge is 0.0847 e. The van der Waals surface area contributed by atoms with E-state index in [1.807, 2.05) is 0 Å². The molecule has 0 aliphatic carbocycles. The first kappa shape index (κ1) is 14.2. The number of thiophene rings is 1. The Bertz CT molecular complexity index is 940. The third-order valence-corrected chi connectivity index (χ3v) is 5.04. The van der Waals surface area contributed by atoms with Crippen molar-refractivity contribution < 1.29 is 0 Å².